The lowest BCUT2D eigenvalue weighted by molar-refractivity contribution is 0.236. The van der Waals surface area contributed by atoms with Gasteiger partial charge in [-0.15, -0.1) is 0 Å². The van der Waals surface area contributed by atoms with Gasteiger partial charge in [-0.25, -0.2) is 4.79 Å². The number of amides is 2. The van der Waals surface area contributed by atoms with E-state index in [-0.39, 0.29) is 6.03 Å². The van der Waals surface area contributed by atoms with Crippen LogP contribution in [0.25, 0.3) is 0 Å². The molecule has 2 amide bonds. The molecule has 5 heteroatoms. The van der Waals surface area contributed by atoms with Gasteiger partial charge in [0.25, 0.3) is 0 Å². The third-order valence-electron chi connectivity index (χ3n) is 3.01. The van der Waals surface area contributed by atoms with Gasteiger partial charge >= 0.3 is 6.03 Å². The van der Waals surface area contributed by atoms with Crippen LogP contribution >= 0.6 is 0 Å². The Labute approximate surface area is 130 Å². The van der Waals surface area contributed by atoms with E-state index in [0.717, 1.165) is 22.6 Å². The van der Waals surface area contributed by atoms with Crippen LogP contribution in [-0.2, 0) is 6.54 Å². The van der Waals surface area contributed by atoms with Gasteiger partial charge < -0.3 is 15.4 Å². The van der Waals surface area contributed by atoms with Crippen LogP contribution in [0.1, 0.15) is 16.8 Å². The zero-order chi connectivity index (χ0) is 15.8. The number of urea groups is 1. The second-order valence-electron chi connectivity index (χ2n) is 5.10. The molecule has 2 rings (SSSR count). The van der Waals surface area contributed by atoms with Crippen LogP contribution in [-0.4, -0.2) is 24.2 Å². The highest BCUT2D eigenvalue weighted by Gasteiger charge is 2.01. The predicted octanol–water partition coefficient (Wildman–Crippen LogP) is 2.58. The molecule has 0 aliphatic rings. The number of rotatable bonds is 6. The van der Waals surface area contributed by atoms with Crippen molar-refractivity contribution in [3.63, 3.8) is 0 Å². The van der Waals surface area contributed by atoms with Crippen LogP contribution in [0.15, 0.2) is 42.6 Å². The minimum absolute atomic E-state index is 0.227. The maximum absolute atomic E-state index is 11.6. The molecule has 2 N–H and O–H groups in total. The van der Waals surface area contributed by atoms with Gasteiger partial charge in [0.1, 0.15) is 12.4 Å². The van der Waals surface area contributed by atoms with Crippen molar-refractivity contribution in [3.8, 4) is 5.75 Å². The van der Waals surface area contributed by atoms with E-state index in [1.54, 1.807) is 6.20 Å². The number of aromatic nitrogens is 1. The van der Waals surface area contributed by atoms with Crippen LogP contribution in [0.3, 0.4) is 0 Å². The fourth-order valence-electron chi connectivity index (χ4n) is 2.09. The van der Waals surface area contributed by atoms with Crippen LogP contribution in [0.2, 0.25) is 0 Å². The Hall–Kier alpha value is -2.56. The topological polar surface area (TPSA) is 63.2 Å². The summed E-state index contributed by atoms with van der Waals surface area (Å²) in [6, 6.07) is 11.4. The number of ether oxygens (including phenoxy) is 1. The van der Waals surface area contributed by atoms with Gasteiger partial charge in [-0.3, -0.25) is 4.98 Å². The molecule has 0 saturated heterocycles. The fourth-order valence-corrected chi connectivity index (χ4v) is 2.09. The Bertz CT molecular complexity index is 594. The molecule has 0 saturated carbocycles. The van der Waals surface area contributed by atoms with Gasteiger partial charge in [-0.2, -0.15) is 0 Å². The Balaban J connectivity index is 1.64. The van der Waals surface area contributed by atoms with Gasteiger partial charge in [0, 0.05) is 6.20 Å². The molecule has 116 valence electrons. The summed E-state index contributed by atoms with van der Waals surface area (Å²) in [5, 5.41) is 5.50. The van der Waals surface area contributed by atoms with Crippen LogP contribution < -0.4 is 15.4 Å². The minimum Gasteiger partial charge on any atom is -0.492 e. The maximum Gasteiger partial charge on any atom is 0.315 e. The van der Waals surface area contributed by atoms with E-state index in [1.807, 2.05) is 44.2 Å². The summed E-state index contributed by atoms with van der Waals surface area (Å²) in [5.41, 5.74) is 3.15. The quantitative estimate of drug-likeness (QED) is 0.806. The highest BCUT2D eigenvalue weighted by atomic mass is 16.5. The molecule has 1 heterocycles. The third-order valence-corrected chi connectivity index (χ3v) is 3.01. The first-order valence-corrected chi connectivity index (χ1v) is 7.26. The van der Waals surface area contributed by atoms with Crippen molar-refractivity contribution in [2.24, 2.45) is 0 Å². The normalized spacial score (nSPS) is 10.1. The zero-order valence-electron chi connectivity index (χ0n) is 12.9. The first-order chi connectivity index (χ1) is 10.6. The summed E-state index contributed by atoms with van der Waals surface area (Å²) in [6.45, 7) is 5.35. The van der Waals surface area contributed by atoms with Crippen molar-refractivity contribution in [1.82, 2.24) is 15.6 Å². The lowest BCUT2D eigenvalue weighted by Crippen LogP contribution is -2.37. The largest absolute Gasteiger partial charge is 0.492 e. The first kappa shape index (κ1) is 15.8. The van der Waals surface area contributed by atoms with Gasteiger partial charge in [0.15, 0.2) is 0 Å². The van der Waals surface area contributed by atoms with Crippen molar-refractivity contribution in [2.45, 2.75) is 20.4 Å². The van der Waals surface area contributed by atoms with E-state index in [9.17, 15) is 4.79 Å². The molecular formula is C17H21N3O2. The fraction of sp³-hybridized carbons (Fsp3) is 0.294. The smallest absolute Gasteiger partial charge is 0.315 e. The molecule has 5 nitrogen and oxygen atoms in total. The molecule has 0 radical (unpaired) electrons. The van der Waals surface area contributed by atoms with Gasteiger partial charge in [0.05, 0.1) is 18.8 Å². The number of carbonyl (C=O) groups is 1. The first-order valence-electron chi connectivity index (χ1n) is 7.26. The Morgan fingerprint density at radius 1 is 1.14 bits per heavy atom. The monoisotopic (exact) mass is 299 g/mol. The second kappa shape index (κ2) is 8.02. The van der Waals surface area contributed by atoms with E-state index >= 15 is 0 Å². The lowest BCUT2D eigenvalue weighted by Gasteiger charge is -2.10. The molecule has 0 spiro atoms. The number of aryl methyl sites for hydroxylation is 2. The van der Waals surface area contributed by atoms with Crippen molar-refractivity contribution in [3.05, 3.63) is 59.4 Å². The highest BCUT2D eigenvalue weighted by Crippen LogP contribution is 2.15. The van der Waals surface area contributed by atoms with Gasteiger partial charge in [-0.05, 0) is 49.2 Å². The average Bonchev–Trinajstić information content (AvgIpc) is 2.50. The summed E-state index contributed by atoms with van der Waals surface area (Å²) >= 11 is 0. The number of nitrogens with zero attached hydrogens (tertiary/aromatic N) is 1. The van der Waals surface area contributed by atoms with Crippen molar-refractivity contribution in [2.75, 3.05) is 13.2 Å². The molecule has 0 unspecified atom stereocenters. The molecular weight excluding hydrogens is 278 g/mol. The van der Waals surface area contributed by atoms with E-state index in [1.165, 1.54) is 0 Å². The molecule has 1 aromatic carbocycles. The van der Waals surface area contributed by atoms with E-state index < -0.39 is 0 Å². The van der Waals surface area contributed by atoms with E-state index in [4.69, 9.17) is 4.74 Å². The molecule has 1 aromatic heterocycles. The second-order valence-corrected chi connectivity index (χ2v) is 5.10. The SMILES string of the molecule is Cc1cc(C)cc(OCCNC(=O)NCc2ccccn2)c1. The molecule has 2 aromatic rings. The molecule has 0 aliphatic heterocycles. The standard InChI is InChI=1S/C17H21N3O2/c1-13-9-14(2)11-16(10-13)22-8-7-19-17(21)20-12-15-5-3-4-6-18-15/h3-6,9-11H,7-8,12H2,1-2H3,(H2,19,20,21). The number of benzene rings is 1. The van der Waals surface area contributed by atoms with Gasteiger partial charge in [-0.1, -0.05) is 12.1 Å². The maximum atomic E-state index is 11.6. The zero-order valence-corrected chi connectivity index (χ0v) is 12.9. The molecule has 0 aliphatic carbocycles. The Morgan fingerprint density at radius 2 is 1.91 bits per heavy atom. The molecule has 0 bridgehead atoms. The van der Waals surface area contributed by atoms with E-state index in [0.29, 0.717) is 19.7 Å². The molecule has 22 heavy (non-hydrogen) atoms. The Morgan fingerprint density at radius 3 is 2.59 bits per heavy atom. The third kappa shape index (κ3) is 5.44. The van der Waals surface area contributed by atoms with Crippen molar-refractivity contribution >= 4 is 6.03 Å². The predicted molar refractivity (Wildman–Crippen MR) is 85.9 cm³/mol. The number of hydrogen-bond acceptors (Lipinski definition) is 3. The van der Waals surface area contributed by atoms with Crippen LogP contribution in [0, 0.1) is 13.8 Å². The summed E-state index contributed by atoms with van der Waals surface area (Å²) in [4.78, 5) is 15.8. The molecule has 0 atom stereocenters. The van der Waals surface area contributed by atoms with Gasteiger partial charge in [0.2, 0.25) is 0 Å². The minimum atomic E-state index is -0.227. The number of hydrogen-bond donors (Lipinski definition) is 2. The van der Waals surface area contributed by atoms with Crippen LogP contribution in [0.5, 0.6) is 5.75 Å². The van der Waals surface area contributed by atoms with E-state index in [2.05, 4.69) is 21.7 Å². The highest BCUT2D eigenvalue weighted by molar-refractivity contribution is 5.73. The van der Waals surface area contributed by atoms with Crippen LogP contribution in [0.4, 0.5) is 4.79 Å². The summed E-state index contributed by atoms with van der Waals surface area (Å²) in [7, 11) is 0. The van der Waals surface area contributed by atoms with Crippen molar-refractivity contribution < 1.29 is 9.53 Å². The summed E-state index contributed by atoms with van der Waals surface area (Å²) < 4.78 is 5.63. The number of nitrogens with one attached hydrogen (secondary N) is 2. The summed E-state index contributed by atoms with van der Waals surface area (Å²) in [6.07, 6.45) is 1.70. The molecule has 0 fully saturated rings. The Kier molecular flexibility index (Phi) is 5.77. The number of carbonyl (C=O) groups excluding carboxylic acids is 1. The number of pyridine rings is 1. The summed E-state index contributed by atoms with van der Waals surface area (Å²) in [5.74, 6) is 0.827. The lowest BCUT2D eigenvalue weighted by atomic mass is 10.1. The average molecular weight is 299 g/mol. The van der Waals surface area contributed by atoms with Crippen molar-refractivity contribution in [1.29, 1.82) is 0 Å².